The lowest BCUT2D eigenvalue weighted by Gasteiger charge is -2.04. The second-order valence-corrected chi connectivity index (χ2v) is 3.65. The quantitative estimate of drug-likeness (QED) is 0.699. The van der Waals surface area contributed by atoms with Crippen molar-refractivity contribution < 1.29 is 13.6 Å². The molecule has 0 atom stereocenters. The number of hydrogen-bond donors (Lipinski definition) is 0. The van der Waals surface area contributed by atoms with E-state index in [-0.39, 0.29) is 5.56 Å². The van der Waals surface area contributed by atoms with Gasteiger partial charge in [-0.15, -0.1) is 0 Å². The van der Waals surface area contributed by atoms with Crippen molar-refractivity contribution in [1.82, 2.24) is 0 Å². The fourth-order valence-electron chi connectivity index (χ4n) is 1.43. The Morgan fingerprint density at radius 1 is 1.33 bits per heavy atom. The molecule has 0 N–H and O–H groups in total. The highest BCUT2D eigenvalue weighted by molar-refractivity contribution is 6.04. The molecule has 1 fully saturated rings. The number of Topliss-reactive ketones (excluding diaryl/α,β-unsaturated/α-hetero) is 1. The molecular weight excluding hydrogens is 200 g/mol. The summed E-state index contributed by atoms with van der Waals surface area (Å²) >= 11 is 0. The van der Waals surface area contributed by atoms with Crippen LogP contribution in [0.1, 0.15) is 23.2 Å². The van der Waals surface area contributed by atoms with Crippen molar-refractivity contribution in [3.8, 4) is 6.07 Å². The van der Waals surface area contributed by atoms with Gasteiger partial charge in [-0.2, -0.15) is 5.26 Å². The number of hydrogen-bond acceptors (Lipinski definition) is 2. The zero-order valence-electron chi connectivity index (χ0n) is 7.76. The summed E-state index contributed by atoms with van der Waals surface area (Å²) in [5.74, 6) is -2.47. The van der Waals surface area contributed by atoms with Crippen molar-refractivity contribution in [3.63, 3.8) is 0 Å². The van der Waals surface area contributed by atoms with Crippen LogP contribution in [-0.4, -0.2) is 5.78 Å². The summed E-state index contributed by atoms with van der Waals surface area (Å²) in [6, 6.07) is 4.87. The predicted molar refractivity (Wildman–Crippen MR) is 48.0 cm³/mol. The van der Waals surface area contributed by atoms with Gasteiger partial charge in [-0.1, -0.05) is 0 Å². The minimum atomic E-state index is -1.06. The zero-order chi connectivity index (χ0) is 11.1. The Morgan fingerprint density at radius 3 is 2.47 bits per heavy atom. The van der Waals surface area contributed by atoms with E-state index in [4.69, 9.17) is 5.26 Å². The molecule has 0 aliphatic heterocycles. The van der Waals surface area contributed by atoms with E-state index in [0.29, 0.717) is 12.8 Å². The molecule has 76 valence electrons. The predicted octanol–water partition coefficient (Wildman–Crippen LogP) is 2.45. The maximum absolute atomic E-state index is 12.8. The van der Waals surface area contributed by atoms with E-state index >= 15 is 0 Å². The number of rotatable bonds is 2. The fraction of sp³-hybridized carbons (Fsp3) is 0.273. The average molecular weight is 207 g/mol. The molecule has 2 rings (SSSR count). The number of nitriles is 1. The fourth-order valence-corrected chi connectivity index (χ4v) is 1.43. The van der Waals surface area contributed by atoms with E-state index < -0.39 is 22.8 Å². The van der Waals surface area contributed by atoms with Crippen molar-refractivity contribution in [2.24, 2.45) is 5.41 Å². The summed E-state index contributed by atoms with van der Waals surface area (Å²) in [6.07, 6.45) is 1.00. The van der Waals surface area contributed by atoms with Gasteiger partial charge in [0.15, 0.2) is 17.4 Å². The molecular formula is C11H7F2NO. The van der Waals surface area contributed by atoms with Gasteiger partial charge in [0.05, 0.1) is 6.07 Å². The standard InChI is InChI=1S/C11H7F2NO/c12-8-2-1-7(5-9(8)13)10(15)11(6-14)3-4-11/h1-2,5H,3-4H2. The molecule has 2 nitrogen and oxygen atoms in total. The van der Waals surface area contributed by atoms with Crippen LogP contribution < -0.4 is 0 Å². The van der Waals surface area contributed by atoms with Gasteiger partial charge in [0.25, 0.3) is 0 Å². The monoisotopic (exact) mass is 207 g/mol. The largest absolute Gasteiger partial charge is 0.292 e. The molecule has 0 radical (unpaired) electrons. The molecule has 0 bridgehead atoms. The number of carbonyl (C=O) groups excluding carboxylic acids is 1. The number of carbonyl (C=O) groups is 1. The molecule has 1 aromatic carbocycles. The molecule has 1 aromatic rings. The molecule has 0 heterocycles. The van der Waals surface area contributed by atoms with Crippen molar-refractivity contribution in [3.05, 3.63) is 35.4 Å². The Balaban J connectivity index is 2.36. The van der Waals surface area contributed by atoms with Gasteiger partial charge in [-0.3, -0.25) is 4.79 Å². The maximum Gasteiger partial charge on any atom is 0.183 e. The van der Waals surface area contributed by atoms with Crippen molar-refractivity contribution in [2.75, 3.05) is 0 Å². The molecule has 0 aromatic heterocycles. The maximum atomic E-state index is 12.8. The summed E-state index contributed by atoms with van der Waals surface area (Å²) in [5, 5.41) is 8.77. The lowest BCUT2D eigenvalue weighted by atomic mass is 9.96. The van der Waals surface area contributed by atoms with Crippen LogP contribution in [0.25, 0.3) is 0 Å². The molecule has 1 aliphatic carbocycles. The number of benzene rings is 1. The first-order valence-electron chi connectivity index (χ1n) is 4.50. The number of ketones is 1. The third-order valence-electron chi connectivity index (χ3n) is 2.58. The minimum absolute atomic E-state index is 0.0629. The number of halogens is 2. The van der Waals surface area contributed by atoms with E-state index in [9.17, 15) is 13.6 Å². The first kappa shape index (κ1) is 9.78. The summed E-state index contributed by atoms with van der Waals surface area (Å²) in [7, 11) is 0. The summed E-state index contributed by atoms with van der Waals surface area (Å²) in [6.45, 7) is 0. The minimum Gasteiger partial charge on any atom is -0.292 e. The molecule has 1 aliphatic rings. The highest BCUT2D eigenvalue weighted by Gasteiger charge is 2.50. The Kier molecular flexibility index (Phi) is 2.04. The molecule has 0 amide bonds. The second-order valence-electron chi connectivity index (χ2n) is 3.65. The smallest absolute Gasteiger partial charge is 0.183 e. The lowest BCUT2D eigenvalue weighted by molar-refractivity contribution is 0.0934. The van der Waals surface area contributed by atoms with Crippen LogP contribution in [0.15, 0.2) is 18.2 Å². The van der Waals surface area contributed by atoms with Crippen molar-refractivity contribution in [1.29, 1.82) is 5.26 Å². The van der Waals surface area contributed by atoms with Crippen LogP contribution in [0.3, 0.4) is 0 Å². The highest BCUT2D eigenvalue weighted by Crippen LogP contribution is 2.47. The first-order chi connectivity index (χ1) is 7.09. The van der Waals surface area contributed by atoms with Gasteiger partial charge in [-0.25, -0.2) is 8.78 Å². The van der Waals surface area contributed by atoms with Crippen LogP contribution in [0.5, 0.6) is 0 Å². The third kappa shape index (κ3) is 1.50. The van der Waals surface area contributed by atoms with Gasteiger partial charge in [0.2, 0.25) is 0 Å². The normalized spacial score (nSPS) is 16.9. The molecule has 0 saturated heterocycles. The molecule has 1 saturated carbocycles. The van der Waals surface area contributed by atoms with Crippen LogP contribution in [-0.2, 0) is 0 Å². The van der Waals surface area contributed by atoms with Gasteiger partial charge in [0.1, 0.15) is 5.41 Å². The summed E-state index contributed by atoms with van der Waals surface area (Å²) < 4.78 is 25.4. The van der Waals surface area contributed by atoms with Crippen molar-refractivity contribution in [2.45, 2.75) is 12.8 Å². The SMILES string of the molecule is N#CC1(C(=O)c2ccc(F)c(F)c2)CC1. The van der Waals surface area contributed by atoms with E-state index in [2.05, 4.69) is 0 Å². The molecule has 15 heavy (non-hydrogen) atoms. The molecule has 4 heteroatoms. The van der Waals surface area contributed by atoms with Gasteiger partial charge < -0.3 is 0 Å². The number of nitrogens with zero attached hydrogens (tertiary/aromatic N) is 1. The Labute approximate surface area is 85.1 Å². The van der Waals surface area contributed by atoms with Crippen LogP contribution in [0.2, 0.25) is 0 Å². The Bertz CT molecular complexity index is 472. The Hall–Kier alpha value is -1.76. The second kappa shape index (κ2) is 3.13. The van der Waals surface area contributed by atoms with Crippen LogP contribution >= 0.6 is 0 Å². The van der Waals surface area contributed by atoms with E-state index in [1.165, 1.54) is 6.07 Å². The summed E-state index contributed by atoms with van der Waals surface area (Å²) in [5.41, 5.74) is -0.919. The third-order valence-corrected chi connectivity index (χ3v) is 2.58. The van der Waals surface area contributed by atoms with Crippen LogP contribution in [0.4, 0.5) is 8.78 Å². The van der Waals surface area contributed by atoms with Gasteiger partial charge in [0, 0.05) is 5.56 Å². The van der Waals surface area contributed by atoms with Crippen LogP contribution in [0, 0.1) is 28.4 Å². The topological polar surface area (TPSA) is 40.9 Å². The zero-order valence-corrected chi connectivity index (χ0v) is 7.76. The van der Waals surface area contributed by atoms with Gasteiger partial charge >= 0.3 is 0 Å². The molecule has 0 unspecified atom stereocenters. The summed E-state index contributed by atoms with van der Waals surface area (Å²) in [4.78, 5) is 11.7. The van der Waals surface area contributed by atoms with E-state index in [1.54, 1.807) is 0 Å². The van der Waals surface area contributed by atoms with E-state index in [1.807, 2.05) is 6.07 Å². The lowest BCUT2D eigenvalue weighted by Crippen LogP contribution is -2.14. The van der Waals surface area contributed by atoms with E-state index in [0.717, 1.165) is 12.1 Å². The first-order valence-corrected chi connectivity index (χ1v) is 4.50. The highest BCUT2D eigenvalue weighted by atomic mass is 19.2. The van der Waals surface area contributed by atoms with Gasteiger partial charge in [-0.05, 0) is 31.0 Å². The van der Waals surface area contributed by atoms with Crippen molar-refractivity contribution >= 4 is 5.78 Å². The molecule has 0 spiro atoms. The average Bonchev–Trinajstić information content (AvgIpc) is 3.02. The Morgan fingerprint density at radius 2 is 2.00 bits per heavy atom.